The van der Waals surface area contributed by atoms with Gasteiger partial charge in [-0.05, 0) is 39.8 Å². The van der Waals surface area contributed by atoms with Crippen LogP contribution in [-0.2, 0) is 0 Å². The van der Waals surface area contributed by atoms with Crippen LogP contribution < -0.4 is 11.1 Å². The van der Waals surface area contributed by atoms with Gasteiger partial charge in [-0.2, -0.15) is 0 Å². The van der Waals surface area contributed by atoms with Crippen molar-refractivity contribution in [2.75, 3.05) is 11.9 Å². The van der Waals surface area contributed by atoms with Crippen LogP contribution in [0.25, 0.3) is 0 Å². The van der Waals surface area contributed by atoms with Crippen LogP contribution in [0.3, 0.4) is 0 Å². The summed E-state index contributed by atoms with van der Waals surface area (Å²) < 4.78 is 0. The summed E-state index contributed by atoms with van der Waals surface area (Å²) >= 11 is 0. The molecule has 0 atom stereocenters. The number of pyridine rings is 1. The maximum atomic E-state index is 5.65. The van der Waals surface area contributed by atoms with Gasteiger partial charge >= 0.3 is 0 Å². The molecule has 0 aromatic carbocycles. The van der Waals surface area contributed by atoms with E-state index >= 15 is 0 Å². The van der Waals surface area contributed by atoms with Crippen molar-refractivity contribution in [2.45, 2.75) is 33.2 Å². The molecule has 0 unspecified atom stereocenters. The fraction of sp³-hybridized carbons (Fsp3) is 0.545. The topological polar surface area (TPSA) is 50.9 Å². The molecular formula is C11H19N3. The van der Waals surface area contributed by atoms with Gasteiger partial charge in [-0.3, -0.25) is 4.98 Å². The Bertz CT molecular complexity index is 298. The van der Waals surface area contributed by atoms with Crippen LogP contribution in [0.15, 0.2) is 12.1 Å². The van der Waals surface area contributed by atoms with Crippen LogP contribution >= 0.6 is 0 Å². The zero-order valence-corrected chi connectivity index (χ0v) is 9.39. The maximum absolute atomic E-state index is 5.65. The smallest absolute Gasteiger partial charge is 0.0439 e. The number of nitrogens with zero attached hydrogens (tertiary/aromatic N) is 1. The van der Waals surface area contributed by atoms with Gasteiger partial charge in [0.25, 0.3) is 0 Å². The summed E-state index contributed by atoms with van der Waals surface area (Å²) in [6, 6.07) is 4.06. The Hall–Kier alpha value is -1.09. The molecule has 0 fully saturated rings. The minimum Gasteiger partial charge on any atom is -0.379 e. The van der Waals surface area contributed by atoms with E-state index in [9.17, 15) is 0 Å². The van der Waals surface area contributed by atoms with Gasteiger partial charge in [-0.1, -0.05) is 0 Å². The van der Waals surface area contributed by atoms with Gasteiger partial charge in [0.05, 0.1) is 0 Å². The summed E-state index contributed by atoms with van der Waals surface area (Å²) in [7, 11) is 0. The first-order valence-electron chi connectivity index (χ1n) is 4.86. The van der Waals surface area contributed by atoms with Crippen molar-refractivity contribution in [1.82, 2.24) is 4.98 Å². The summed E-state index contributed by atoms with van der Waals surface area (Å²) in [5.74, 6) is 0. The van der Waals surface area contributed by atoms with Gasteiger partial charge in [0, 0.05) is 29.2 Å². The molecule has 0 aliphatic heterocycles. The average Bonchev–Trinajstić information content (AvgIpc) is 2.01. The van der Waals surface area contributed by atoms with E-state index in [1.165, 1.54) is 0 Å². The van der Waals surface area contributed by atoms with Crippen molar-refractivity contribution in [1.29, 1.82) is 0 Å². The SMILES string of the molecule is Cc1cc(NC(C)(C)CN)cc(C)n1. The molecular weight excluding hydrogens is 174 g/mol. The molecule has 1 aromatic rings. The van der Waals surface area contributed by atoms with Crippen LogP contribution in [0.4, 0.5) is 5.69 Å². The van der Waals surface area contributed by atoms with Crippen molar-refractivity contribution in [3.63, 3.8) is 0 Å². The lowest BCUT2D eigenvalue weighted by atomic mass is 10.1. The van der Waals surface area contributed by atoms with Gasteiger partial charge in [0.15, 0.2) is 0 Å². The molecule has 1 aromatic heterocycles. The molecule has 3 heteroatoms. The van der Waals surface area contributed by atoms with E-state index in [1.807, 2.05) is 26.0 Å². The minimum atomic E-state index is -0.0692. The van der Waals surface area contributed by atoms with E-state index in [0.717, 1.165) is 17.1 Å². The lowest BCUT2D eigenvalue weighted by Gasteiger charge is -2.25. The molecule has 0 saturated carbocycles. The third-order valence-electron chi connectivity index (χ3n) is 2.07. The van der Waals surface area contributed by atoms with Crippen molar-refractivity contribution in [3.8, 4) is 0 Å². The predicted octanol–water partition coefficient (Wildman–Crippen LogP) is 1.85. The molecule has 1 rings (SSSR count). The number of aryl methyl sites for hydroxylation is 2. The second kappa shape index (κ2) is 3.96. The molecule has 0 amide bonds. The van der Waals surface area contributed by atoms with E-state index in [1.54, 1.807) is 0 Å². The van der Waals surface area contributed by atoms with Crippen molar-refractivity contribution in [2.24, 2.45) is 5.73 Å². The fourth-order valence-electron chi connectivity index (χ4n) is 1.35. The zero-order chi connectivity index (χ0) is 10.8. The number of anilines is 1. The molecule has 0 spiro atoms. The van der Waals surface area contributed by atoms with E-state index in [4.69, 9.17) is 5.73 Å². The monoisotopic (exact) mass is 193 g/mol. The summed E-state index contributed by atoms with van der Waals surface area (Å²) in [4.78, 5) is 4.32. The molecule has 0 aliphatic rings. The first-order valence-corrected chi connectivity index (χ1v) is 4.86. The highest BCUT2D eigenvalue weighted by atomic mass is 15.0. The Morgan fingerprint density at radius 1 is 1.29 bits per heavy atom. The summed E-state index contributed by atoms with van der Waals surface area (Å²) in [5, 5.41) is 3.38. The van der Waals surface area contributed by atoms with Gasteiger partial charge in [0.2, 0.25) is 0 Å². The number of hydrogen-bond donors (Lipinski definition) is 2. The highest BCUT2D eigenvalue weighted by molar-refractivity contribution is 5.47. The van der Waals surface area contributed by atoms with Crippen LogP contribution in [-0.4, -0.2) is 17.1 Å². The minimum absolute atomic E-state index is 0.0692. The first kappa shape index (κ1) is 11.0. The van der Waals surface area contributed by atoms with Crippen molar-refractivity contribution < 1.29 is 0 Å². The quantitative estimate of drug-likeness (QED) is 0.770. The molecule has 78 valence electrons. The second-order valence-corrected chi connectivity index (χ2v) is 4.35. The standard InChI is InChI=1S/C11H19N3/c1-8-5-10(6-9(2)13-8)14-11(3,4)7-12/h5-6H,7,12H2,1-4H3,(H,13,14). The number of nitrogens with one attached hydrogen (secondary N) is 1. The Balaban J connectivity index is 2.87. The van der Waals surface area contributed by atoms with Gasteiger partial charge in [-0.15, -0.1) is 0 Å². The maximum Gasteiger partial charge on any atom is 0.0439 e. The first-order chi connectivity index (χ1) is 6.43. The van der Waals surface area contributed by atoms with E-state index in [2.05, 4.69) is 24.1 Å². The molecule has 14 heavy (non-hydrogen) atoms. The third-order valence-corrected chi connectivity index (χ3v) is 2.07. The van der Waals surface area contributed by atoms with E-state index < -0.39 is 0 Å². The zero-order valence-electron chi connectivity index (χ0n) is 9.39. The van der Waals surface area contributed by atoms with Gasteiger partial charge in [0.1, 0.15) is 0 Å². The summed E-state index contributed by atoms with van der Waals surface area (Å²) in [6.07, 6.45) is 0. The van der Waals surface area contributed by atoms with Crippen molar-refractivity contribution in [3.05, 3.63) is 23.5 Å². The van der Waals surface area contributed by atoms with Crippen LogP contribution in [0.2, 0.25) is 0 Å². The largest absolute Gasteiger partial charge is 0.379 e. The molecule has 0 aliphatic carbocycles. The fourth-order valence-corrected chi connectivity index (χ4v) is 1.35. The van der Waals surface area contributed by atoms with E-state index in [-0.39, 0.29) is 5.54 Å². The number of aromatic nitrogens is 1. The third kappa shape index (κ3) is 3.00. The van der Waals surface area contributed by atoms with E-state index in [0.29, 0.717) is 6.54 Å². The molecule has 0 bridgehead atoms. The number of hydrogen-bond acceptors (Lipinski definition) is 3. The summed E-state index contributed by atoms with van der Waals surface area (Å²) in [6.45, 7) is 8.75. The highest BCUT2D eigenvalue weighted by Crippen LogP contribution is 2.15. The average molecular weight is 193 g/mol. The van der Waals surface area contributed by atoms with Crippen LogP contribution in [0.1, 0.15) is 25.2 Å². The molecule has 1 heterocycles. The number of nitrogens with two attached hydrogens (primary N) is 1. The second-order valence-electron chi connectivity index (χ2n) is 4.35. The molecule has 0 radical (unpaired) electrons. The Morgan fingerprint density at radius 3 is 2.21 bits per heavy atom. The highest BCUT2D eigenvalue weighted by Gasteiger charge is 2.14. The lowest BCUT2D eigenvalue weighted by molar-refractivity contribution is 0.580. The Kier molecular flexibility index (Phi) is 3.11. The lowest BCUT2D eigenvalue weighted by Crippen LogP contribution is -2.39. The van der Waals surface area contributed by atoms with Crippen LogP contribution in [0.5, 0.6) is 0 Å². The van der Waals surface area contributed by atoms with Gasteiger partial charge < -0.3 is 11.1 Å². The van der Waals surface area contributed by atoms with Crippen LogP contribution in [0, 0.1) is 13.8 Å². The molecule has 3 N–H and O–H groups in total. The normalized spacial score (nSPS) is 11.5. The molecule has 3 nitrogen and oxygen atoms in total. The Labute approximate surface area is 85.7 Å². The number of rotatable bonds is 3. The molecule has 0 saturated heterocycles. The van der Waals surface area contributed by atoms with Crippen molar-refractivity contribution >= 4 is 5.69 Å². The van der Waals surface area contributed by atoms with Gasteiger partial charge in [-0.25, -0.2) is 0 Å². The predicted molar refractivity (Wildman–Crippen MR) is 60.5 cm³/mol. The Morgan fingerprint density at radius 2 is 1.79 bits per heavy atom. The summed E-state index contributed by atoms with van der Waals surface area (Å²) in [5.41, 5.74) is 8.73.